The zero-order chi connectivity index (χ0) is 16.8. The van der Waals surface area contributed by atoms with Crippen LogP contribution in [0, 0.1) is 5.92 Å². The minimum atomic E-state index is -0.569. The van der Waals surface area contributed by atoms with Gasteiger partial charge in [0.1, 0.15) is 5.75 Å². The summed E-state index contributed by atoms with van der Waals surface area (Å²) < 4.78 is 0. The molecule has 1 aliphatic rings. The van der Waals surface area contributed by atoms with Crippen molar-refractivity contribution in [2.75, 3.05) is 0 Å². The second-order valence-electron chi connectivity index (χ2n) is 5.29. The third-order valence-electron chi connectivity index (χ3n) is 3.52. The SMILES string of the molecule is Oc1ccccc1C=Nc1cccc(N=CC2C=CC=C[C@H]2O)n1. The Balaban J connectivity index is 1.74. The molecule has 120 valence electrons. The lowest BCUT2D eigenvalue weighted by Gasteiger charge is -2.14. The Morgan fingerprint density at radius 3 is 2.46 bits per heavy atom. The van der Waals surface area contributed by atoms with E-state index in [0.717, 1.165) is 0 Å². The number of hydrogen-bond acceptors (Lipinski definition) is 5. The molecule has 2 aromatic rings. The van der Waals surface area contributed by atoms with E-state index >= 15 is 0 Å². The van der Waals surface area contributed by atoms with Gasteiger partial charge in [0, 0.05) is 23.9 Å². The quantitative estimate of drug-likeness (QED) is 0.848. The van der Waals surface area contributed by atoms with E-state index in [-0.39, 0.29) is 11.7 Å². The van der Waals surface area contributed by atoms with Gasteiger partial charge in [-0.1, -0.05) is 42.5 Å². The highest BCUT2D eigenvalue weighted by Gasteiger charge is 2.12. The summed E-state index contributed by atoms with van der Waals surface area (Å²) in [6.45, 7) is 0. The molecule has 1 aliphatic carbocycles. The lowest BCUT2D eigenvalue weighted by atomic mass is 9.99. The maximum atomic E-state index is 9.84. The van der Waals surface area contributed by atoms with Crippen molar-refractivity contribution in [2.24, 2.45) is 15.9 Å². The number of aliphatic imine (C=N–C) groups is 2. The molecule has 1 unspecified atom stereocenters. The molecule has 5 nitrogen and oxygen atoms in total. The number of rotatable bonds is 4. The fourth-order valence-corrected chi connectivity index (χ4v) is 2.20. The Morgan fingerprint density at radius 2 is 1.67 bits per heavy atom. The van der Waals surface area contributed by atoms with Gasteiger partial charge in [0.15, 0.2) is 11.6 Å². The van der Waals surface area contributed by atoms with E-state index in [9.17, 15) is 10.2 Å². The molecule has 0 fully saturated rings. The molecule has 0 saturated heterocycles. The van der Waals surface area contributed by atoms with Crippen LogP contribution in [0.1, 0.15) is 5.56 Å². The Labute approximate surface area is 140 Å². The van der Waals surface area contributed by atoms with Crippen molar-refractivity contribution in [2.45, 2.75) is 6.10 Å². The molecule has 0 saturated carbocycles. The number of aliphatic hydroxyl groups is 1. The van der Waals surface area contributed by atoms with E-state index < -0.39 is 6.10 Å². The molecular weight excluding hydrogens is 302 g/mol. The van der Waals surface area contributed by atoms with Gasteiger partial charge in [0.05, 0.1) is 6.10 Å². The van der Waals surface area contributed by atoms with Gasteiger partial charge < -0.3 is 10.2 Å². The Morgan fingerprint density at radius 1 is 0.917 bits per heavy atom. The topological polar surface area (TPSA) is 78.1 Å². The van der Waals surface area contributed by atoms with Crippen LogP contribution in [0.5, 0.6) is 5.75 Å². The van der Waals surface area contributed by atoms with Crippen molar-refractivity contribution in [3.63, 3.8) is 0 Å². The molecule has 0 spiro atoms. The molecular formula is C19H17N3O2. The van der Waals surface area contributed by atoms with Gasteiger partial charge in [-0.3, -0.25) is 0 Å². The minimum absolute atomic E-state index is 0.162. The lowest BCUT2D eigenvalue weighted by Crippen LogP contribution is -2.18. The zero-order valence-corrected chi connectivity index (χ0v) is 12.9. The maximum absolute atomic E-state index is 9.84. The van der Waals surface area contributed by atoms with Gasteiger partial charge in [-0.25, -0.2) is 15.0 Å². The highest BCUT2D eigenvalue weighted by molar-refractivity contribution is 5.84. The van der Waals surface area contributed by atoms with Crippen LogP contribution in [0.3, 0.4) is 0 Å². The molecule has 1 heterocycles. The first-order valence-corrected chi connectivity index (χ1v) is 7.59. The first kappa shape index (κ1) is 15.8. The number of nitrogens with zero attached hydrogens (tertiary/aromatic N) is 3. The maximum Gasteiger partial charge on any atom is 0.154 e. The van der Waals surface area contributed by atoms with Crippen LogP contribution in [0.4, 0.5) is 11.6 Å². The molecule has 2 atom stereocenters. The third kappa shape index (κ3) is 4.02. The van der Waals surface area contributed by atoms with E-state index in [0.29, 0.717) is 17.2 Å². The normalized spacial score (nSPS) is 20.2. The van der Waals surface area contributed by atoms with E-state index in [1.54, 1.807) is 48.8 Å². The van der Waals surface area contributed by atoms with E-state index in [2.05, 4.69) is 15.0 Å². The first-order chi connectivity index (χ1) is 11.7. The second kappa shape index (κ2) is 7.48. The monoisotopic (exact) mass is 319 g/mol. The van der Waals surface area contributed by atoms with Gasteiger partial charge in [-0.15, -0.1) is 0 Å². The number of aromatic hydroxyl groups is 1. The number of hydrogen-bond donors (Lipinski definition) is 2. The van der Waals surface area contributed by atoms with Crippen LogP contribution < -0.4 is 0 Å². The predicted molar refractivity (Wildman–Crippen MR) is 95.5 cm³/mol. The van der Waals surface area contributed by atoms with Crippen molar-refractivity contribution >= 4 is 24.1 Å². The van der Waals surface area contributed by atoms with Crippen molar-refractivity contribution in [1.29, 1.82) is 0 Å². The number of aliphatic hydroxyl groups excluding tert-OH is 1. The van der Waals surface area contributed by atoms with Crippen LogP contribution >= 0.6 is 0 Å². The highest BCUT2D eigenvalue weighted by Crippen LogP contribution is 2.18. The fourth-order valence-electron chi connectivity index (χ4n) is 2.20. The number of benzene rings is 1. The van der Waals surface area contributed by atoms with Crippen LogP contribution in [-0.2, 0) is 0 Å². The molecule has 24 heavy (non-hydrogen) atoms. The van der Waals surface area contributed by atoms with Crippen LogP contribution in [0.2, 0.25) is 0 Å². The summed E-state index contributed by atoms with van der Waals surface area (Å²) in [5.41, 5.74) is 0.621. The molecule has 3 rings (SSSR count). The fraction of sp³-hybridized carbons (Fsp3) is 0.105. The summed E-state index contributed by atoms with van der Waals surface area (Å²) in [6, 6.07) is 12.3. The molecule has 1 aromatic heterocycles. The number of phenols is 1. The number of aromatic nitrogens is 1. The summed E-state index contributed by atoms with van der Waals surface area (Å²) in [7, 11) is 0. The summed E-state index contributed by atoms with van der Waals surface area (Å²) in [5, 5.41) is 19.6. The van der Waals surface area contributed by atoms with Crippen molar-refractivity contribution in [3.8, 4) is 5.75 Å². The Hall–Kier alpha value is -3.05. The second-order valence-corrected chi connectivity index (χ2v) is 5.29. The molecule has 0 bridgehead atoms. The molecule has 0 radical (unpaired) electrons. The molecule has 0 aliphatic heterocycles. The molecule has 5 heteroatoms. The number of para-hydroxylation sites is 1. The number of phenolic OH excluding ortho intramolecular Hbond substituents is 1. The smallest absolute Gasteiger partial charge is 0.154 e. The Bertz CT molecular complexity index is 825. The largest absolute Gasteiger partial charge is 0.507 e. The van der Waals surface area contributed by atoms with Crippen LogP contribution in [0.15, 0.2) is 76.8 Å². The molecule has 1 aromatic carbocycles. The molecule has 0 amide bonds. The van der Waals surface area contributed by atoms with Gasteiger partial charge in [-0.2, -0.15) is 0 Å². The summed E-state index contributed by atoms with van der Waals surface area (Å²) in [4.78, 5) is 12.9. The summed E-state index contributed by atoms with van der Waals surface area (Å²) in [5.74, 6) is 1.01. The predicted octanol–water partition coefficient (Wildman–Crippen LogP) is 3.34. The third-order valence-corrected chi connectivity index (χ3v) is 3.52. The number of allylic oxidation sites excluding steroid dienone is 2. The minimum Gasteiger partial charge on any atom is -0.507 e. The zero-order valence-electron chi connectivity index (χ0n) is 12.9. The van der Waals surface area contributed by atoms with Crippen LogP contribution in [0.25, 0.3) is 0 Å². The van der Waals surface area contributed by atoms with E-state index in [1.807, 2.05) is 30.4 Å². The number of pyridine rings is 1. The van der Waals surface area contributed by atoms with Gasteiger partial charge in [0.25, 0.3) is 0 Å². The highest BCUT2D eigenvalue weighted by atomic mass is 16.3. The van der Waals surface area contributed by atoms with E-state index in [1.165, 1.54) is 0 Å². The molecule has 2 N–H and O–H groups in total. The standard InChI is InChI=1S/C19H17N3O2/c23-16-8-3-1-6-14(16)12-20-18-10-5-11-19(22-18)21-13-15-7-2-4-9-17(15)24/h1-14,16,23-24H/t14?,16-/m1/s1. The average molecular weight is 319 g/mol. The van der Waals surface area contributed by atoms with Crippen molar-refractivity contribution < 1.29 is 10.2 Å². The lowest BCUT2D eigenvalue weighted by molar-refractivity contribution is 0.204. The Kier molecular flexibility index (Phi) is 4.93. The van der Waals surface area contributed by atoms with Gasteiger partial charge in [-0.05, 0) is 24.3 Å². The van der Waals surface area contributed by atoms with Crippen molar-refractivity contribution in [3.05, 3.63) is 72.3 Å². The summed E-state index contributed by atoms with van der Waals surface area (Å²) in [6.07, 6.45) is 9.95. The average Bonchev–Trinajstić information content (AvgIpc) is 2.61. The van der Waals surface area contributed by atoms with Crippen molar-refractivity contribution in [1.82, 2.24) is 4.98 Å². The van der Waals surface area contributed by atoms with E-state index in [4.69, 9.17) is 0 Å². The van der Waals surface area contributed by atoms with Crippen LogP contribution in [-0.4, -0.2) is 33.7 Å². The van der Waals surface area contributed by atoms with Gasteiger partial charge in [0.2, 0.25) is 0 Å². The summed E-state index contributed by atoms with van der Waals surface area (Å²) >= 11 is 0. The first-order valence-electron chi connectivity index (χ1n) is 7.59. The van der Waals surface area contributed by atoms with Gasteiger partial charge >= 0.3 is 0 Å².